The van der Waals surface area contributed by atoms with E-state index in [-0.39, 0.29) is 17.7 Å². The zero-order chi connectivity index (χ0) is 18.0. The second kappa shape index (κ2) is 7.40. The lowest BCUT2D eigenvalue weighted by Gasteiger charge is -2.32. The highest BCUT2D eigenvalue weighted by Gasteiger charge is 2.31. The predicted octanol–water partition coefficient (Wildman–Crippen LogP) is 3.40. The third kappa shape index (κ3) is 3.93. The summed E-state index contributed by atoms with van der Waals surface area (Å²) in [6.45, 7) is 7.28. The molecule has 0 saturated carbocycles. The highest BCUT2D eigenvalue weighted by atomic mass is 32.1. The van der Waals surface area contributed by atoms with Crippen LogP contribution in [-0.2, 0) is 17.8 Å². The maximum Gasteiger partial charge on any atom is 0.251 e. The van der Waals surface area contributed by atoms with Crippen LogP contribution in [0.2, 0.25) is 0 Å². The van der Waals surface area contributed by atoms with Gasteiger partial charge in [-0.25, -0.2) is 0 Å². The fourth-order valence-electron chi connectivity index (χ4n) is 3.08. The van der Waals surface area contributed by atoms with Gasteiger partial charge < -0.3 is 10.2 Å². The van der Waals surface area contributed by atoms with Gasteiger partial charge in [-0.3, -0.25) is 9.59 Å². The van der Waals surface area contributed by atoms with Gasteiger partial charge in [0.25, 0.3) is 5.91 Å². The van der Waals surface area contributed by atoms with Crippen LogP contribution >= 0.6 is 11.3 Å². The Kier molecular flexibility index (Phi) is 5.23. The Morgan fingerprint density at radius 3 is 2.56 bits per heavy atom. The number of hydrogen-bond acceptors (Lipinski definition) is 3. The molecule has 2 amide bonds. The average Bonchev–Trinajstić information content (AvgIpc) is 3.06. The predicted molar refractivity (Wildman–Crippen MR) is 101 cm³/mol. The van der Waals surface area contributed by atoms with Crippen molar-refractivity contribution in [3.63, 3.8) is 0 Å². The van der Waals surface area contributed by atoms with E-state index in [1.165, 1.54) is 10.4 Å². The standard InChI is InChI=1S/C20H24N2O2S/c1-13(2)18(21-19(23)15-6-4-14(3)5-7-15)20(24)22-10-8-17-16(12-22)9-11-25-17/h4-7,9,11,13,18H,8,10,12H2,1-3H3,(H,21,23)/t18-/m1/s1. The monoisotopic (exact) mass is 356 g/mol. The molecule has 0 unspecified atom stereocenters. The molecule has 132 valence electrons. The molecule has 0 aliphatic carbocycles. The Hall–Kier alpha value is -2.14. The van der Waals surface area contributed by atoms with Crippen LogP contribution in [0.3, 0.4) is 0 Å². The third-order valence-electron chi connectivity index (χ3n) is 4.65. The smallest absolute Gasteiger partial charge is 0.251 e. The molecule has 1 aromatic heterocycles. The summed E-state index contributed by atoms with van der Waals surface area (Å²) < 4.78 is 0. The molecule has 2 heterocycles. The topological polar surface area (TPSA) is 49.4 Å². The van der Waals surface area contributed by atoms with Crippen molar-refractivity contribution in [1.82, 2.24) is 10.2 Å². The Morgan fingerprint density at radius 1 is 1.16 bits per heavy atom. The first kappa shape index (κ1) is 17.7. The van der Waals surface area contributed by atoms with Gasteiger partial charge in [0, 0.05) is 23.5 Å². The van der Waals surface area contributed by atoms with Gasteiger partial charge in [0.1, 0.15) is 6.04 Å². The molecule has 4 nitrogen and oxygen atoms in total. The molecule has 0 fully saturated rings. The maximum atomic E-state index is 13.0. The molecule has 25 heavy (non-hydrogen) atoms. The summed E-state index contributed by atoms with van der Waals surface area (Å²) in [5.74, 6) is -0.154. The van der Waals surface area contributed by atoms with Gasteiger partial charge in [-0.15, -0.1) is 11.3 Å². The van der Waals surface area contributed by atoms with Crippen molar-refractivity contribution in [3.8, 4) is 0 Å². The molecule has 2 aromatic rings. The molecule has 0 saturated heterocycles. The van der Waals surface area contributed by atoms with Gasteiger partial charge >= 0.3 is 0 Å². The number of benzene rings is 1. The number of carbonyl (C=O) groups excluding carboxylic acids is 2. The van der Waals surface area contributed by atoms with Crippen molar-refractivity contribution in [2.24, 2.45) is 5.92 Å². The fourth-order valence-corrected chi connectivity index (χ4v) is 3.97. The summed E-state index contributed by atoms with van der Waals surface area (Å²) >= 11 is 1.76. The zero-order valence-corrected chi connectivity index (χ0v) is 15.7. The van der Waals surface area contributed by atoms with E-state index in [0.717, 1.165) is 18.5 Å². The molecule has 0 radical (unpaired) electrons. The van der Waals surface area contributed by atoms with Crippen LogP contribution < -0.4 is 5.32 Å². The van der Waals surface area contributed by atoms with Gasteiger partial charge in [-0.1, -0.05) is 31.5 Å². The number of hydrogen-bond donors (Lipinski definition) is 1. The Morgan fingerprint density at radius 2 is 1.88 bits per heavy atom. The lowest BCUT2D eigenvalue weighted by atomic mass is 10.00. The van der Waals surface area contributed by atoms with E-state index >= 15 is 0 Å². The summed E-state index contributed by atoms with van der Waals surface area (Å²) in [5.41, 5.74) is 2.92. The van der Waals surface area contributed by atoms with Gasteiger partial charge in [0.2, 0.25) is 5.91 Å². The van der Waals surface area contributed by atoms with Crippen LogP contribution in [-0.4, -0.2) is 29.3 Å². The first-order valence-electron chi connectivity index (χ1n) is 8.67. The minimum atomic E-state index is -0.506. The van der Waals surface area contributed by atoms with E-state index in [4.69, 9.17) is 0 Å². The quantitative estimate of drug-likeness (QED) is 0.913. The second-order valence-electron chi connectivity index (χ2n) is 6.94. The van der Waals surface area contributed by atoms with E-state index in [0.29, 0.717) is 12.1 Å². The molecule has 1 aromatic carbocycles. The highest BCUT2D eigenvalue weighted by molar-refractivity contribution is 7.10. The minimum Gasteiger partial charge on any atom is -0.340 e. The number of nitrogens with zero attached hydrogens (tertiary/aromatic N) is 1. The van der Waals surface area contributed by atoms with Crippen molar-refractivity contribution in [1.29, 1.82) is 0 Å². The molecular weight excluding hydrogens is 332 g/mol. The number of nitrogens with one attached hydrogen (secondary N) is 1. The molecule has 0 spiro atoms. The van der Waals surface area contributed by atoms with Crippen molar-refractivity contribution < 1.29 is 9.59 Å². The summed E-state index contributed by atoms with van der Waals surface area (Å²) in [4.78, 5) is 28.8. The average molecular weight is 356 g/mol. The molecule has 0 bridgehead atoms. The molecular formula is C20H24N2O2S. The number of aryl methyl sites for hydroxylation is 1. The summed E-state index contributed by atoms with van der Waals surface area (Å²) in [7, 11) is 0. The number of carbonyl (C=O) groups is 2. The third-order valence-corrected chi connectivity index (χ3v) is 5.68. The largest absolute Gasteiger partial charge is 0.340 e. The highest BCUT2D eigenvalue weighted by Crippen LogP contribution is 2.25. The number of amides is 2. The minimum absolute atomic E-state index is 0.00677. The van der Waals surface area contributed by atoms with Gasteiger partial charge in [0.05, 0.1) is 0 Å². The van der Waals surface area contributed by atoms with Gasteiger partial charge in [0.15, 0.2) is 0 Å². The van der Waals surface area contributed by atoms with Crippen LogP contribution in [0.5, 0.6) is 0 Å². The normalized spacial score (nSPS) is 15.0. The van der Waals surface area contributed by atoms with E-state index in [9.17, 15) is 9.59 Å². The van der Waals surface area contributed by atoms with Crippen molar-refractivity contribution in [2.75, 3.05) is 6.54 Å². The van der Waals surface area contributed by atoms with E-state index in [2.05, 4.69) is 16.8 Å². The maximum absolute atomic E-state index is 13.0. The van der Waals surface area contributed by atoms with Crippen LogP contribution in [0.1, 0.15) is 40.2 Å². The number of thiophene rings is 1. The van der Waals surface area contributed by atoms with E-state index in [1.807, 2.05) is 37.8 Å². The van der Waals surface area contributed by atoms with Crippen LogP contribution in [0.4, 0.5) is 0 Å². The Labute approximate surface area is 152 Å². The Balaban J connectivity index is 1.71. The summed E-state index contributed by atoms with van der Waals surface area (Å²) in [5, 5.41) is 5.02. The van der Waals surface area contributed by atoms with Crippen molar-refractivity contribution in [2.45, 2.75) is 39.8 Å². The van der Waals surface area contributed by atoms with E-state index in [1.54, 1.807) is 23.5 Å². The van der Waals surface area contributed by atoms with Crippen LogP contribution in [0, 0.1) is 12.8 Å². The summed E-state index contributed by atoms with van der Waals surface area (Å²) in [6, 6.07) is 8.99. The molecule has 1 atom stereocenters. The van der Waals surface area contributed by atoms with Gasteiger partial charge in [-0.05, 0) is 48.4 Å². The molecule has 5 heteroatoms. The molecule has 3 rings (SSSR count). The van der Waals surface area contributed by atoms with E-state index < -0.39 is 6.04 Å². The second-order valence-corrected chi connectivity index (χ2v) is 7.94. The van der Waals surface area contributed by atoms with Crippen LogP contribution in [0.25, 0.3) is 0 Å². The van der Waals surface area contributed by atoms with Crippen LogP contribution in [0.15, 0.2) is 35.7 Å². The lowest BCUT2D eigenvalue weighted by molar-refractivity contribution is -0.135. The zero-order valence-electron chi connectivity index (χ0n) is 14.9. The van der Waals surface area contributed by atoms with Gasteiger partial charge in [-0.2, -0.15) is 0 Å². The first-order chi connectivity index (χ1) is 12.0. The molecule has 1 N–H and O–H groups in total. The number of fused-ring (bicyclic) bond motifs is 1. The van der Waals surface area contributed by atoms with Crippen molar-refractivity contribution >= 4 is 23.2 Å². The molecule has 1 aliphatic heterocycles. The first-order valence-corrected chi connectivity index (χ1v) is 9.55. The summed E-state index contributed by atoms with van der Waals surface area (Å²) in [6.07, 6.45) is 0.898. The fraction of sp³-hybridized carbons (Fsp3) is 0.400. The SMILES string of the molecule is Cc1ccc(C(=O)N[C@@H](C(=O)N2CCc3sccc3C2)C(C)C)cc1. The molecule has 1 aliphatic rings. The number of rotatable bonds is 4. The Bertz CT molecular complexity index is 764. The lowest BCUT2D eigenvalue weighted by Crippen LogP contribution is -2.52. The van der Waals surface area contributed by atoms with Crippen molar-refractivity contribution in [3.05, 3.63) is 57.3 Å².